The minimum absolute atomic E-state index is 0.0233. The highest BCUT2D eigenvalue weighted by molar-refractivity contribution is 6.31. The maximum atomic E-state index is 12.5. The van der Waals surface area contributed by atoms with Crippen LogP contribution >= 0.6 is 11.6 Å². The molecule has 2 aromatic rings. The van der Waals surface area contributed by atoms with Crippen molar-refractivity contribution in [3.8, 4) is 5.75 Å². The Balaban J connectivity index is 2.05. The van der Waals surface area contributed by atoms with Gasteiger partial charge < -0.3 is 10.1 Å². The molecule has 0 aliphatic rings. The number of benzene rings is 2. The van der Waals surface area contributed by atoms with Gasteiger partial charge in [-0.2, -0.15) is 0 Å². The average Bonchev–Trinajstić information content (AvgIpc) is 2.58. The Kier molecular flexibility index (Phi) is 6.49. The summed E-state index contributed by atoms with van der Waals surface area (Å²) in [6.07, 6.45) is 0.238. The summed E-state index contributed by atoms with van der Waals surface area (Å²) in [5.41, 5.74) is 4.52. The Hall–Kier alpha value is -2.00. The largest absolute Gasteiger partial charge is 0.481 e. The van der Waals surface area contributed by atoms with Crippen molar-refractivity contribution in [2.75, 3.05) is 0 Å². The fraction of sp³-hybridized carbons (Fsp3) is 0.381. The Labute approximate surface area is 155 Å². The summed E-state index contributed by atoms with van der Waals surface area (Å²) in [5.74, 6) is 0.515. The molecule has 0 saturated carbocycles. The second-order valence-corrected chi connectivity index (χ2v) is 6.89. The molecule has 0 aromatic heterocycles. The van der Waals surface area contributed by atoms with Gasteiger partial charge in [0, 0.05) is 5.02 Å². The van der Waals surface area contributed by atoms with Crippen molar-refractivity contribution in [1.29, 1.82) is 0 Å². The van der Waals surface area contributed by atoms with Gasteiger partial charge >= 0.3 is 0 Å². The molecule has 134 valence electrons. The topological polar surface area (TPSA) is 38.3 Å². The molecular weight excluding hydrogens is 334 g/mol. The molecule has 0 saturated heterocycles. The van der Waals surface area contributed by atoms with E-state index >= 15 is 0 Å². The number of halogens is 1. The van der Waals surface area contributed by atoms with Crippen molar-refractivity contribution in [1.82, 2.24) is 5.32 Å². The van der Waals surface area contributed by atoms with Crippen LogP contribution in [0.15, 0.2) is 36.4 Å². The van der Waals surface area contributed by atoms with E-state index in [-0.39, 0.29) is 11.9 Å². The lowest BCUT2D eigenvalue weighted by atomic mass is 9.99. The van der Waals surface area contributed by atoms with Crippen molar-refractivity contribution >= 4 is 17.5 Å². The monoisotopic (exact) mass is 359 g/mol. The molecule has 0 fully saturated rings. The van der Waals surface area contributed by atoms with E-state index in [0.717, 1.165) is 17.5 Å². The van der Waals surface area contributed by atoms with E-state index in [1.54, 1.807) is 19.1 Å². The highest BCUT2D eigenvalue weighted by atomic mass is 35.5. The van der Waals surface area contributed by atoms with Crippen molar-refractivity contribution in [3.63, 3.8) is 0 Å². The fourth-order valence-electron chi connectivity index (χ4n) is 2.64. The molecule has 0 aliphatic heterocycles. The van der Waals surface area contributed by atoms with Gasteiger partial charge in [-0.05, 0) is 74.6 Å². The first kappa shape index (κ1) is 19.3. The summed E-state index contributed by atoms with van der Waals surface area (Å²) in [4.78, 5) is 12.5. The van der Waals surface area contributed by atoms with Crippen molar-refractivity contribution < 1.29 is 9.53 Å². The quantitative estimate of drug-likeness (QED) is 0.760. The van der Waals surface area contributed by atoms with Gasteiger partial charge in [0.15, 0.2) is 6.10 Å². The molecule has 0 unspecified atom stereocenters. The van der Waals surface area contributed by atoms with Crippen molar-refractivity contribution in [2.24, 2.45) is 0 Å². The zero-order valence-electron chi connectivity index (χ0n) is 15.5. The third-order valence-electron chi connectivity index (χ3n) is 4.47. The Bertz CT molecular complexity index is 758. The van der Waals surface area contributed by atoms with Crippen LogP contribution in [0.3, 0.4) is 0 Å². The zero-order valence-corrected chi connectivity index (χ0v) is 16.3. The molecule has 2 atom stereocenters. The second-order valence-electron chi connectivity index (χ2n) is 6.48. The first-order valence-electron chi connectivity index (χ1n) is 8.62. The highest BCUT2D eigenvalue weighted by Crippen LogP contribution is 2.23. The molecule has 25 heavy (non-hydrogen) atoms. The fourth-order valence-corrected chi connectivity index (χ4v) is 2.76. The third-order valence-corrected chi connectivity index (χ3v) is 4.89. The number of amides is 1. The number of rotatable bonds is 6. The summed E-state index contributed by atoms with van der Waals surface area (Å²) in [7, 11) is 0. The molecular formula is C21H26ClNO2. The average molecular weight is 360 g/mol. The highest BCUT2D eigenvalue weighted by Gasteiger charge is 2.19. The first-order chi connectivity index (χ1) is 11.8. The van der Waals surface area contributed by atoms with Crippen LogP contribution in [-0.2, 0) is 4.79 Å². The lowest BCUT2D eigenvalue weighted by Gasteiger charge is -2.22. The molecule has 0 aliphatic carbocycles. The van der Waals surface area contributed by atoms with Gasteiger partial charge in [0.25, 0.3) is 5.91 Å². The van der Waals surface area contributed by atoms with Crippen LogP contribution in [0.5, 0.6) is 5.75 Å². The van der Waals surface area contributed by atoms with E-state index in [1.165, 1.54) is 11.1 Å². The molecule has 0 heterocycles. The number of hydrogen-bond acceptors (Lipinski definition) is 2. The van der Waals surface area contributed by atoms with Crippen LogP contribution < -0.4 is 10.1 Å². The Morgan fingerprint density at radius 3 is 2.40 bits per heavy atom. The van der Waals surface area contributed by atoms with Crippen LogP contribution in [0, 0.1) is 20.8 Å². The van der Waals surface area contributed by atoms with Gasteiger partial charge in [-0.3, -0.25) is 4.79 Å². The van der Waals surface area contributed by atoms with Gasteiger partial charge in [0.05, 0.1) is 6.04 Å². The van der Waals surface area contributed by atoms with Gasteiger partial charge in [0.1, 0.15) is 5.75 Å². The van der Waals surface area contributed by atoms with E-state index in [1.807, 2.05) is 13.0 Å². The van der Waals surface area contributed by atoms with Gasteiger partial charge in [-0.1, -0.05) is 36.7 Å². The predicted molar refractivity (Wildman–Crippen MR) is 103 cm³/mol. The van der Waals surface area contributed by atoms with Crippen LogP contribution in [0.2, 0.25) is 5.02 Å². The maximum Gasteiger partial charge on any atom is 0.261 e. The molecule has 0 radical (unpaired) electrons. The van der Waals surface area contributed by atoms with Crippen molar-refractivity contribution in [2.45, 2.75) is 53.2 Å². The minimum Gasteiger partial charge on any atom is -0.481 e. The first-order valence-corrected chi connectivity index (χ1v) is 9.00. The summed E-state index contributed by atoms with van der Waals surface area (Å²) >= 11 is 6.02. The van der Waals surface area contributed by atoms with Crippen LogP contribution in [0.4, 0.5) is 0 Å². The third kappa shape index (κ3) is 4.99. The zero-order chi connectivity index (χ0) is 18.6. The lowest BCUT2D eigenvalue weighted by Crippen LogP contribution is -2.38. The summed E-state index contributed by atoms with van der Waals surface area (Å²) in [5, 5.41) is 3.77. The smallest absolute Gasteiger partial charge is 0.261 e. The number of carbonyl (C=O) groups excluding carboxylic acids is 1. The van der Waals surface area contributed by atoms with Gasteiger partial charge in [0.2, 0.25) is 0 Å². The summed E-state index contributed by atoms with van der Waals surface area (Å²) < 4.78 is 5.77. The Morgan fingerprint density at radius 1 is 1.08 bits per heavy atom. The molecule has 3 nitrogen and oxygen atoms in total. The van der Waals surface area contributed by atoms with Gasteiger partial charge in [-0.25, -0.2) is 0 Å². The SMILES string of the molecule is CC[C@H](NC(=O)[C@@H](C)Oc1ccc(Cl)c(C)c1)c1ccc(C)c(C)c1. The molecule has 4 heteroatoms. The van der Waals surface area contributed by atoms with Crippen LogP contribution in [0.25, 0.3) is 0 Å². The normalized spacial score (nSPS) is 13.2. The van der Waals surface area contributed by atoms with E-state index in [0.29, 0.717) is 10.8 Å². The number of ether oxygens (including phenoxy) is 1. The molecule has 0 spiro atoms. The molecule has 2 rings (SSSR count). The number of carbonyl (C=O) groups is 1. The lowest BCUT2D eigenvalue weighted by molar-refractivity contribution is -0.128. The Morgan fingerprint density at radius 2 is 1.80 bits per heavy atom. The van der Waals surface area contributed by atoms with Crippen molar-refractivity contribution in [3.05, 3.63) is 63.7 Å². The molecule has 0 bridgehead atoms. The van der Waals surface area contributed by atoms with E-state index in [9.17, 15) is 4.79 Å². The standard InChI is InChI=1S/C21H26ClNO2/c1-6-20(17-8-7-13(2)14(3)11-17)23-21(24)16(5)25-18-9-10-19(22)15(4)12-18/h7-12,16,20H,6H2,1-5H3,(H,23,24)/t16-,20+/m1/s1. The van der Waals surface area contributed by atoms with Crippen LogP contribution in [0.1, 0.15) is 48.6 Å². The summed E-state index contributed by atoms with van der Waals surface area (Å²) in [6.45, 7) is 9.90. The number of hydrogen-bond donors (Lipinski definition) is 1. The van der Waals surface area contributed by atoms with E-state index < -0.39 is 6.10 Å². The van der Waals surface area contributed by atoms with Crippen LogP contribution in [-0.4, -0.2) is 12.0 Å². The van der Waals surface area contributed by atoms with Gasteiger partial charge in [-0.15, -0.1) is 0 Å². The molecule has 1 N–H and O–H groups in total. The molecule has 1 amide bonds. The van der Waals surface area contributed by atoms with E-state index in [4.69, 9.17) is 16.3 Å². The van der Waals surface area contributed by atoms with E-state index in [2.05, 4.69) is 44.3 Å². The number of nitrogens with one attached hydrogen (secondary N) is 1. The maximum absolute atomic E-state index is 12.5. The number of aryl methyl sites for hydroxylation is 3. The minimum atomic E-state index is -0.582. The molecule has 2 aromatic carbocycles. The second kappa shape index (κ2) is 8.39. The predicted octanol–water partition coefficient (Wildman–Crippen LogP) is 5.30. The summed E-state index contributed by atoms with van der Waals surface area (Å²) in [6, 6.07) is 11.7.